The van der Waals surface area contributed by atoms with Crippen LogP contribution in [-0.4, -0.2) is 79.9 Å². The number of nitrogens with zero attached hydrogens (tertiary/aromatic N) is 6. The van der Waals surface area contributed by atoms with Crippen LogP contribution in [0.5, 0.6) is 0 Å². The molecule has 0 bridgehead atoms. The Morgan fingerprint density at radius 2 is 1.93 bits per heavy atom. The van der Waals surface area contributed by atoms with Gasteiger partial charge < -0.3 is 15.0 Å². The monoisotopic (exact) mass is 619 g/mol. The molecular weight excluding hydrogens is 586 g/mol. The van der Waals surface area contributed by atoms with E-state index in [2.05, 4.69) is 50.1 Å². The number of nitrogens with one attached hydrogen (secondary N) is 1. The Balaban J connectivity index is 1.01. The zero-order valence-corrected chi connectivity index (χ0v) is 25.8. The molecule has 1 aliphatic carbocycles. The lowest BCUT2D eigenvalue weighted by Crippen LogP contribution is -2.60. The summed E-state index contributed by atoms with van der Waals surface area (Å²) in [5, 5.41) is 4.02. The van der Waals surface area contributed by atoms with Crippen molar-refractivity contribution in [3.8, 4) is 11.1 Å². The molecule has 0 radical (unpaired) electrons. The van der Waals surface area contributed by atoms with Gasteiger partial charge >= 0.3 is 0 Å². The van der Waals surface area contributed by atoms with Gasteiger partial charge in [-0.25, -0.2) is 15.0 Å². The SMILES string of the molecule is CCCOCc1ncc(-c2ccc3nc(NC(=O)[C@H]4C[C@@H](N5CCN(C(=O)c6ccncc6Cl)C[C@@H]5C)C4)sc3c2)cn1. The van der Waals surface area contributed by atoms with E-state index in [1.807, 2.05) is 29.4 Å². The van der Waals surface area contributed by atoms with Gasteiger partial charge in [-0.2, -0.15) is 0 Å². The van der Waals surface area contributed by atoms with Crippen molar-refractivity contribution in [2.75, 3.05) is 31.6 Å². The van der Waals surface area contributed by atoms with Crippen LogP contribution in [0.3, 0.4) is 0 Å². The smallest absolute Gasteiger partial charge is 0.255 e. The molecule has 1 aliphatic heterocycles. The number of piperazine rings is 1. The molecule has 43 heavy (non-hydrogen) atoms. The highest BCUT2D eigenvalue weighted by Crippen LogP contribution is 2.36. The number of ether oxygens (including phenoxy) is 1. The van der Waals surface area contributed by atoms with E-state index in [0.717, 1.165) is 47.2 Å². The number of anilines is 1. The third-order valence-corrected chi connectivity index (χ3v) is 9.39. The average Bonchev–Trinajstić information content (AvgIpc) is 3.39. The molecular formula is C31H34ClN7O3S. The van der Waals surface area contributed by atoms with E-state index >= 15 is 0 Å². The number of hydrogen-bond donors (Lipinski definition) is 1. The number of fused-ring (bicyclic) bond motifs is 1. The third kappa shape index (κ3) is 6.54. The van der Waals surface area contributed by atoms with Crippen LogP contribution < -0.4 is 5.32 Å². The summed E-state index contributed by atoms with van der Waals surface area (Å²) in [5.74, 6) is 0.565. The fraction of sp³-hybridized carbons (Fsp3) is 0.419. The molecule has 4 aromatic rings. The van der Waals surface area contributed by atoms with Crippen molar-refractivity contribution >= 4 is 50.1 Å². The zero-order valence-electron chi connectivity index (χ0n) is 24.2. The second kappa shape index (κ2) is 13.0. The number of rotatable bonds is 9. The summed E-state index contributed by atoms with van der Waals surface area (Å²) in [6.45, 7) is 7.34. The summed E-state index contributed by atoms with van der Waals surface area (Å²) in [7, 11) is 0. The summed E-state index contributed by atoms with van der Waals surface area (Å²) < 4.78 is 6.51. The first-order valence-electron chi connectivity index (χ1n) is 14.6. The zero-order chi connectivity index (χ0) is 29.9. The summed E-state index contributed by atoms with van der Waals surface area (Å²) in [6, 6.07) is 8.21. The Hall–Kier alpha value is -3.51. The lowest BCUT2D eigenvalue weighted by atomic mass is 9.78. The molecule has 0 unspecified atom stereocenters. The van der Waals surface area contributed by atoms with Gasteiger partial charge in [0.05, 0.1) is 20.8 Å². The topological polar surface area (TPSA) is 113 Å². The van der Waals surface area contributed by atoms with Crippen LogP contribution in [-0.2, 0) is 16.1 Å². The normalized spacial score (nSPS) is 20.6. The third-order valence-electron chi connectivity index (χ3n) is 8.16. The molecule has 1 atom stereocenters. The predicted molar refractivity (Wildman–Crippen MR) is 167 cm³/mol. The summed E-state index contributed by atoms with van der Waals surface area (Å²) in [6.07, 6.45) is 9.27. The summed E-state index contributed by atoms with van der Waals surface area (Å²) in [4.78, 5) is 47.8. The van der Waals surface area contributed by atoms with E-state index < -0.39 is 0 Å². The van der Waals surface area contributed by atoms with Gasteiger partial charge in [0.2, 0.25) is 5.91 Å². The Kier molecular flexibility index (Phi) is 8.94. The van der Waals surface area contributed by atoms with Crippen LogP contribution >= 0.6 is 22.9 Å². The number of hydrogen-bond acceptors (Lipinski definition) is 9. The van der Waals surface area contributed by atoms with Crippen LogP contribution in [0.4, 0.5) is 5.13 Å². The number of thiazole rings is 1. The van der Waals surface area contributed by atoms with Gasteiger partial charge in [0, 0.05) is 74.6 Å². The van der Waals surface area contributed by atoms with E-state index in [4.69, 9.17) is 16.3 Å². The quantitative estimate of drug-likeness (QED) is 0.251. The molecule has 2 fully saturated rings. The molecule has 10 nitrogen and oxygen atoms in total. The molecule has 3 aromatic heterocycles. The highest BCUT2D eigenvalue weighted by atomic mass is 35.5. The second-order valence-corrected chi connectivity index (χ2v) is 12.6. The summed E-state index contributed by atoms with van der Waals surface area (Å²) >= 11 is 7.66. The Labute approximate surface area is 259 Å². The minimum atomic E-state index is -0.0631. The minimum Gasteiger partial charge on any atom is -0.373 e. The van der Waals surface area contributed by atoms with Crippen molar-refractivity contribution in [1.29, 1.82) is 0 Å². The molecule has 1 saturated carbocycles. The first kappa shape index (κ1) is 29.6. The Bertz CT molecular complexity index is 1610. The molecule has 2 amide bonds. The van der Waals surface area contributed by atoms with Crippen LogP contribution in [0.25, 0.3) is 21.3 Å². The van der Waals surface area contributed by atoms with Gasteiger partial charge in [-0.15, -0.1) is 0 Å². The minimum absolute atomic E-state index is 0.0126. The first-order valence-corrected chi connectivity index (χ1v) is 15.8. The fourth-order valence-electron chi connectivity index (χ4n) is 5.74. The predicted octanol–water partition coefficient (Wildman–Crippen LogP) is 5.29. The first-order chi connectivity index (χ1) is 20.9. The highest BCUT2D eigenvalue weighted by molar-refractivity contribution is 7.22. The second-order valence-electron chi connectivity index (χ2n) is 11.1. The highest BCUT2D eigenvalue weighted by Gasteiger charge is 2.41. The standard InChI is InChI=1S/C31H34ClN7O3S/c1-3-10-42-18-28-34-14-22(15-35-28)20-4-5-26-27(13-20)43-31(36-26)37-29(40)21-11-23(12-21)39-9-8-38(17-19(39)2)30(41)24-6-7-33-16-25(24)32/h4-7,13-16,19,21,23H,3,8-12,17-18H2,1-2H3,(H,36,37,40)/t19-,21-,23+/m0/s1. The van der Waals surface area contributed by atoms with Crippen molar-refractivity contribution in [2.24, 2.45) is 5.92 Å². The van der Waals surface area contributed by atoms with Gasteiger partial charge in [-0.1, -0.05) is 35.9 Å². The molecule has 12 heteroatoms. The molecule has 1 N–H and O–H groups in total. The van der Waals surface area contributed by atoms with E-state index in [1.165, 1.54) is 17.5 Å². The molecule has 224 valence electrons. The molecule has 4 heterocycles. The average molecular weight is 620 g/mol. The Morgan fingerprint density at radius 1 is 1.12 bits per heavy atom. The molecule has 1 aromatic carbocycles. The van der Waals surface area contributed by atoms with Crippen LogP contribution in [0, 0.1) is 5.92 Å². The number of halogens is 1. The largest absolute Gasteiger partial charge is 0.373 e. The molecule has 2 aliphatic rings. The van der Waals surface area contributed by atoms with Crippen molar-refractivity contribution in [3.05, 3.63) is 65.5 Å². The number of pyridine rings is 1. The van der Waals surface area contributed by atoms with E-state index in [9.17, 15) is 9.59 Å². The molecule has 0 spiro atoms. The number of carbonyl (C=O) groups is 2. The van der Waals surface area contributed by atoms with Gasteiger partial charge in [-0.05, 0) is 49.9 Å². The van der Waals surface area contributed by atoms with E-state index in [1.54, 1.807) is 12.3 Å². The van der Waals surface area contributed by atoms with Crippen LogP contribution in [0.15, 0.2) is 49.1 Å². The van der Waals surface area contributed by atoms with Crippen LogP contribution in [0.1, 0.15) is 49.3 Å². The van der Waals surface area contributed by atoms with Gasteiger partial charge in [0.15, 0.2) is 11.0 Å². The van der Waals surface area contributed by atoms with Gasteiger partial charge in [0.1, 0.15) is 6.61 Å². The molecule has 1 saturated heterocycles. The number of benzene rings is 1. The number of amides is 2. The van der Waals surface area contributed by atoms with Crippen molar-refractivity contribution in [2.45, 2.75) is 51.8 Å². The Morgan fingerprint density at radius 3 is 2.67 bits per heavy atom. The molecule has 6 rings (SSSR count). The van der Waals surface area contributed by atoms with Crippen molar-refractivity contribution in [3.63, 3.8) is 0 Å². The number of carbonyl (C=O) groups excluding carboxylic acids is 2. The van der Waals surface area contributed by atoms with E-state index in [0.29, 0.717) is 53.9 Å². The summed E-state index contributed by atoms with van der Waals surface area (Å²) in [5.41, 5.74) is 3.24. The van der Waals surface area contributed by atoms with Crippen molar-refractivity contribution in [1.82, 2.24) is 29.7 Å². The lowest BCUT2D eigenvalue weighted by molar-refractivity contribution is -0.125. The van der Waals surface area contributed by atoms with E-state index in [-0.39, 0.29) is 23.8 Å². The van der Waals surface area contributed by atoms with Gasteiger partial charge in [0.25, 0.3) is 5.91 Å². The number of aromatic nitrogens is 4. The van der Waals surface area contributed by atoms with Gasteiger partial charge in [-0.3, -0.25) is 19.5 Å². The van der Waals surface area contributed by atoms with Crippen molar-refractivity contribution < 1.29 is 14.3 Å². The maximum atomic E-state index is 13.1. The van der Waals surface area contributed by atoms with Crippen LogP contribution in [0.2, 0.25) is 5.02 Å². The lowest BCUT2D eigenvalue weighted by Gasteiger charge is -2.49. The maximum absolute atomic E-state index is 13.1. The fourth-order valence-corrected chi connectivity index (χ4v) is 6.85. The maximum Gasteiger partial charge on any atom is 0.255 e.